The van der Waals surface area contributed by atoms with Crippen LogP contribution in [0.4, 0.5) is 5.00 Å². The maximum Gasteiger partial charge on any atom is 0.307 e. The minimum Gasteiger partial charge on any atom is -0.481 e. The van der Waals surface area contributed by atoms with Crippen molar-refractivity contribution in [3.63, 3.8) is 0 Å². The Hall–Kier alpha value is -2.15. The number of amides is 2. The number of hydrogen-bond donors (Lipinski definition) is 3. The molecule has 4 aliphatic rings. The molecule has 0 spiro atoms. The number of aliphatic carboxylic acids is 1. The molecule has 1 fully saturated rings. The van der Waals surface area contributed by atoms with Crippen molar-refractivity contribution in [3.05, 3.63) is 28.2 Å². The molecule has 0 radical (unpaired) electrons. The lowest BCUT2D eigenvalue weighted by atomic mass is 9.62. The maximum atomic E-state index is 13.2. The molecule has 0 aromatic carbocycles. The highest BCUT2D eigenvalue weighted by molar-refractivity contribution is 7.17. The Kier molecular flexibility index (Phi) is 5.51. The monoisotopic (exact) mass is 416 g/mol. The summed E-state index contributed by atoms with van der Waals surface area (Å²) in [6, 6.07) is 0. The Labute approximate surface area is 174 Å². The van der Waals surface area contributed by atoms with Gasteiger partial charge in [0.05, 0.1) is 17.4 Å². The Morgan fingerprint density at radius 1 is 1.17 bits per heavy atom. The molecule has 6 nitrogen and oxygen atoms in total. The van der Waals surface area contributed by atoms with Crippen LogP contribution < -0.4 is 11.1 Å². The molecule has 4 aliphatic carbocycles. The normalized spacial score (nSPS) is 30.0. The number of anilines is 1. The number of nitrogens with two attached hydrogens (primary N) is 1. The van der Waals surface area contributed by atoms with E-state index in [9.17, 15) is 19.5 Å². The predicted octanol–water partition coefficient (Wildman–Crippen LogP) is 3.60. The quantitative estimate of drug-likeness (QED) is 0.615. The highest BCUT2D eigenvalue weighted by Crippen LogP contribution is 2.46. The van der Waals surface area contributed by atoms with Crippen molar-refractivity contribution in [3.8, 4) is 0 Å². The number of carboxylic acid groups (broad SMARTS) is 1. The third-order valence-corrected chi connectivity index (χ3v) is 8.05. The second kappa shape index (κ2) is 7.94. The fourth-order valence-electron chi connectivity index (χ4n) is 5.54. The molecule has 0 unspecified atom stereocenters. The van der Waals surface area contributed by atoms with Gasteiger partial charge in [-0.15, -0.1) is 11.3 Å². The summed E-state index contributed by atoms with van der Waals surface area (Å²) >= 11 is 1.44. The van der Waals surface area contributed by atoms with Gasteiger partial charge in [0.2, 0.25) is 5.91 Å². The van der Waals surface area contributed by atoms with E-state index in [4.69, 9.17) is 5.73 Å². The number of thiophene rings is 1. The average Bonchev–Trinajstić information content (AvgIpc) is 3.05. The molecule has 4 N–H and O–H groups in total. The lowest BCUT2D eigenvalue weighted by Gasteiger charge is -2.41. The highest BCUT2D eigenvalue weighted by Gasteiger charge is 2.48. The van der Waals surface area contributed by atoms with E-state index in [1.165, 1.54) is 11.3 Å². The third kappa shape index (κ3) is 3.61. The van der Waals surface area contributed by atoms with Crippen LogP contribution in [0.3, 0.4) is 0 Å². The van der Waals surface area contributed by atoms with Gasteiger partial charge in [-0.3, -0.25) is 14.4 Å². The summed E-state index contributed by atoms with van der Waals surface area (Å²) in [5, 5.41) is 13.1. The van der Waals surface area contributed by atoms with Gasteiger partial charge >= 0.3 is 5.97 Å². The molecule has 2 bridgehead atoms. The Morgan fingerprint density at radius 2 is 1.86 bits per heavy atom. The van der Waals surface area contributed by atoms with Crippen molar-refractivity contribution in [1.29, 1.82) is 0 Å². The van der Waals surface area contributed by atoms with E-state index in [2.05, 4.69) is 12.2 Å². The fourth-order valence-corrected chi connectivity index (χ4v) is 6.91. The van der Waals surface area contributed by atoms with Gasteiger partial charge in [0, 0.05) is 4.88 Å². The first-order valence-corrected chi connectivity index (χ1v) is 11.4. The molecule has 1 aromatic heterocycles. The summed E-state index contributed by atoms with van der Waals surface area (Å²) in [5.74, 6) is -2.63. The molecule has 5 atom stereocenters. The molecule has 156 valence electrons. The predicted molar refractivity (Wildman–Crippen MR) is 112 cm³/mol. The molecule has 2 amide bonds. The van der Waals surface area contributed by atoms with Gasteiger partial charge < -0.3 is 16.2 Å². The van der Waals surface area contributed by atoms with Crippen molar-refractivity contribution in [2.45, 2.75) is 51.9 Å². The summed E-state index contributed by atoms with van der Waals surface area (Å²) in [5.41, 5.74) is 7.08. The zero-order chi connectivity index (χ0) is 20.7. The summed E-state index contributed by atoms with van der Waals surface area (Å²) in [6.45, 7) is 2.18. The summed E-state index contributed by atoms with van der Waals surface area (Å²) < 4.78 is 0. The minimum atomic E-state index is -0.924. The van der Waals surface area contributed by atoms with Crippen LogP contribution in [0.5, 0.6) is 0 Å². The first kappa shape index (κ1) is 20.1. The van der Waals surface area contributed by atoms with Gasteiger partial charge in [0.15, 0.2) is 0 Å². The van der Waals surface area contributed by atoms with Crippen LogP contribution in [0.2, 0.25) is 0 Å². The lowest BCUT2D eigenvalue weighted by Crippen LogP contribution is -2.47. The van der Waals surface area contributed by atoms with Gasteiger partial charge in [-0.25, -0.2) is 0 Å². The Morgan fingerprint density at radius 3 is 2.45 bits per heavy atom. The molecule has 7 heteroatoms. The standard InChI is InChI=1S/C22H28N2O4S/c1-2-3-11-4-9-14-15(10-11)29-21(18(14)19(23)25)24-20(26)16-12-5-7-13(8-6-12)17(16)22(27)28/h5,7,11-13,16-17H,2-4,6,8-10H2,1H3,(H2,23,25)(H,24,26)(H,27,28)/t11-,12-,13-,16+,17-/m0/s1. The van der Waals surface area contributed by atoms with Crippen LogP contribution in [0.15, 0.2) is 12.2 Å². The van der Waals surface area contributed by atoms with Crippen molar-refractivity contribution in [2.75, 3.05) is 5.32 Å². The van der Waals surface area contributed by atoms with Crippen molar-refractivity contribution in [1.82, 2.24) is 0 Å². The fraction of sp³-hybridized carbons (Fsp3) is 0.591. The zero-order valence-corrected chi connectivity index (χ0v) is 17.5. The van der Waals surface area contributed by atoms with E-state index < -0.39 is 23.7 Å². The number of rotatable bonds is 6. The maximum absolute atomic E-state index is 13.2. The van der Waals surface area contributed by atoms with E-state index in [1.807, 2.05) is 12.2 Å². The molecular formula is C22H28N2O4S. The van der Waals surface area contributed by atoms with E-state index in [0.717, 1.165) is 55.4 Å². The first-order chi connectivity index (χ1) is 13.9. The summed E-state index contributed by atoms with van der Waals surface area (Å²) in [4.78, 5) is 38.4. The van der Waals surface area contributed by atoms with Crippen LogP contribution in [-0.4, -0.2) is 22.9 Å². The van der Waals surface area contributed by atoms with Gasteiger partial charge in [0.1, 0.15) is 5.00 Å². The van der Waals surface area contributed by atoms with Crippen LogP contribution in [0.25, 0.3) is 0 Å². The second-order valence-corrected chi connectivity index (χ2v) is 9.74. The van der Waals surface area contributed by atoms with Crippen LogP contribution in [0, 0.1) is 29.6 Å². The van der Waals surface area contributed by atoms with E-state index in [1.54, 1.807) is 0 Å². The Balaban J connectivity index is 1.61. The minimum absolute atomic E-state index is 0.0679. The number of allylic oxidation sites excluding steroid dienone is 2. The SMILES string of the molecule is CCC[C@H]1CCc2c(sc(NC(=O)[C@H]3[C@@H](C(=O)O)[C@H]4C=C[C@H]3CC4)c2C(N)=O)C1. The number of carbonyl (C=O) groups excluding carboxylic acids is 2. The molecule has 29 heavy (non-hydrogen) atoms. The smallest absolute Gasteiger partial charge is 0.307 e. The number of primary amides is 1. The second-order valence-electron chi connectivity index (χ2n) is 8.64. The van der Waals surface area contributed by atoms with Gasteiger partial charge in [-0.2, -0.15) is 0 Å². The van der Waals surface area contributed by atoms with Crippen molar-refractivity contribution in [2.24, 2.45) is 35.3 Å². The highest BCUT2D eigenvalue weighted by atomic mass is 32.1. The lowest BCUT2D eigenvalue weighted by molar-refractivity contribution is -0.151. The van der Waals surface area contributed by atoms with E-state index in [0.29, 0.717) is 16.5 Å². The topological polar surface area (TPSA) is 109 Å². The molecule has 0 saturated heterocycles. The molecule has 5 rings (SSSR count). The molecule has 1 saturated carbocycles. The van der Waals surface area contributed by atoms with Crippen LogP contribution in [0.1, 0.15) is 59.8 Å². The van der Waals surface area contributed by atoms with E-state index >= 15 is 0 Å². The van der Waals surface area contributed by atoms with Crippen molar-refractivity contribution >= 4 is 34.1 Å². The number of hydrogen-bond acceptors (Lipinski definition) is 4. The van der Waals surface area contributed by atoms with Gasteiger partial charge in [-0.1, -0.05) is 31.9 Å². The third-order valence-electron chi connectivity index (χ3n) is 6.88. The molecule has 1 heterocycles. The molecular weight excluding hydrogens is 388 g/mol. The van der Waals surface area contributed by atoms with Crippen LogP contribution >= 0.6 is 11.3 Å². The van der Waals surface area contributed by atoms with Crippen LogP contribution in [-0.2, 0) is 22.4 Å². The molecule has 1 aromatic rings. The average molecular weight is 417 g/mol. The number of carboxylic acids is 1. The summed E-state index contributed by atoms with van der Waals surface area (Å²) in [6.07, 6.45) is 10.6. The summed E-state index contributed by atoms with van der Waals surface area (Å²) in [7, 11) is 0. The number of nitrogens with one attached hydrogen (secondary N) is 1. The van der Waals surface area contributed by atoms with E-state index in [-0.39, 0.29) is 17.7 Å². The molecule has 0 aliphatic heterocycles. The number of fused-ring (bicyclic) bond motifs is 3. The number of carbonyl (C=O) groups is 3. The van der Waals surface area contributed by atoms with Gasteiger partial charge in [0.25, 0.3) is 5.91 Å². The Bertz CT molecular complexity index is 874. The first-order valence-electron chi connectivity index (χ1n) is 10.6. The van der Waals surface area contributed by atoms with Crippen molar-refractivity contribution < 1.29 is 19.5 Å². The zero-order valence-electron chi connectivity index (χ0n) is 16.6. The largest absolute Gasteiger partial charge is 0.481 e. The van der Waals surface area contributed by atoms with Gasteiger partial charge in [-0.05, 0) is 55.4 Å².